The predicted octanol–water partition coefficient (Wildman–Crippen LogP) is 18.8. The fraction of sp³-hybridized carbons (Fsp3) is 0. The summed E-state index contributed by atoms with van der Waals surface area (Å²) in [6, 6.07) is 94.9. The summed E-state index contributed by atoms with van der Waals surface area (Å²) in [4.78, 5) is 20.3. The van der Waals surface area contributed by atoms with Crippen molar-refractivity contribution < 1.29 is 0 Å². The molecular weight excluding hydrogens is 973 g/mol. The molecule has 0 bridgehead atoms. The highest BCUT2D eigenvalue weighted by atomic mass is 15.1. The lowest BCUT2D eigenvalue weighted by Crippen LogP contribution is -1.97. The van der Waals surface area contributed by atoms with E-state index in [4.69, 9.17) is 19.9 Å². The first-order valence-corrected chi connectivity index (χ1v) is 27.0. The second-order valence-corrected chi connectivity index (χ2v) is 20.3. The van der Waals surface area contributed by atoms with Gasteiger partial charge in [-0.3, -0.25) is 19.1 Å². The zero-order valence-electron chi connectivity index (χ0n) is 43.4. The molecule has 15 aromatic rings. The van der Waals surface area contributed by atoms with Crippen LogP contribution in [-0.4, -0.2) is 29.1 Å². The molecule has 0 aliphatic heterocycles. The Morgan fingerprint density at radius 2 is 0.537 bits per heavy atom. The van der Waals surface area contributed by atoms with Crippen LogP contribution in [-0.2, 0) is 0 Å². The van der Waals surface area contributed by atoms with Crippen molar-refractivity contribution in [3.63, 3.8) is 0 Å². The number of hydrogen-bond donors (Lipinski definition) is 0. The standard InChI is InChI=1S/C74H48N6/c1-7-19-49(20-8-1)71-63-35-31-54(58-40-60(48-76-46-58)56-34-38-70-68(44-56)78-74(52-25-13-4-14-26-52)80(70)62-29-17-6-18-30-62)42-66(63)72(50-21-9-2-10-22-50)64-36-32-53(41-65(64)71)57-39-59(47-75-45-57)55-33-37-69-67(43-55)77-73(51-23-11-3-12-24-51)79(69)61-27-15-5-16-28-61/h1-48H. The van der Waals surface area contributed by atoms with Gasteiger partial charge in [0.15, 0.2) is 0 Å². The lowest BCUT2D eigenvalue weighted by atomic mass is 9.84. The molecule has 0 amide bonds. The molecule has 0 atom stereocenters. The van der Waals surface area contributed by atoms with Crippen LogP contribution in [0.3, 0.4) is 0 Å². The molecule has 0 fully saturated rings. The molecule has 4 aromatic heterocycles. The highest BCUT2D eigenvalue weighted by molar-refractivity contribution is 6.22. The normalized spacial score (nSPS) is 11.5. The molecule has 80 heavy (non-hydrogen) atoms. The van der Waals surface area contributed by atoms with Gasteiger partial charge in [0.05, 0.1) is 22.1 Å². The third-order valence-corrected chi connectivity index (χ3v) is 15.5. The Balaban J connectivity index is 0.847. The van der Waals surface area contributed by atoms with Crippen LogP contribution in [0.4, 0.5) is 0 Å². The van der Waals surface area contributed by atoms with E-state index >= 15 is 0 Å². The molecule has 15 rings (SSSR count). The maximum absolute atomic E-state index is 5.26. The molecule has 0 spiro atoms. The van der Waals surface area contributed by atoms with E-state index in [1.807, 2.05) is 49.1 Å². The lowest BCUT2D eigenvalue weighted by Gasteiger charge is -2.20. The van der Waals surface area contributed by atoms with E-state index in [9.17, 15) is 0 Å². The number of nitrogens with zero attached hydrogens (tertiary/aromatic N) is 6. The average Bonchev–Trinajstić information content (AvgIpc) is 4.23. The largest absolute Gasteiger partial charge is 0.292 e. The van der Waals surface area contributed by atoms with Gasteiger partial charge in [-0.1, -0.05) is 194 Å². The minimum Gasteiger partial charge on any atom is -0.292 e. The maximum atomic E-state index is 5.26. The Kier molecular flexibility index (Phi) is 11.4. The van der Waals surface area contributed by atoms with Crippen LogP contribution < -0.4 is 0 Å². The Bertz CT molecular complexity index is 4480. The lowest BCUT2D eigenvalue weighted by molar-refractivity contribution is 1.10. The van der Waals surface area contributed by atoms with Crippen LogP contribution in [0.5, 0.6) is 0 Å². The van der Waals surface area contributed by atoms with Gasteiger partial charge in [-0.25, -0.2) is 9.97 Å². The van der Waals surface area contributed by atoms with E-state index in [1.165, 1.54) is 32.7 Å². The van der Waals surface area contributed by atoms with E-state index in [-0.39, 0.29) is 0 Å². The number of benzene rings is 11. The second kappa shape index (κ2) is 19.6. The zero-order chi connectivity index (χ0) is 52.9. The van der Waals surface area contributed by atoms with Crippen LogP contribution in [0.2, 0.25) is 0 Å². The molecule has 0 saturated heterocycles. The van der Waals surface area contributed by atoms with Gasteiger partial charge in [-0.05, 0) is 139 Å². The van der Waals surface area contributed by atoms with Gasteiger partial charge in [0.2, 0.25) is 0 Å². The highest BCUT2D eigenvalue weighted by Crippen LogP contribution is 2.46. The average molecular weight is 1020 g/mol. The zero-order valence-corrected chi connectivity index (χ0v) is 43.4. The third-order valence-electron chi connectivity index (χ3n) is 15.5. The Labute approximate surface area is 462 Å². The van der Waals surface area contributed by atoms with Crippen LogP contribution in [0.1, 0.15) is 0 Å². The van der Waals surface area contributed by atoms with Gasteiger partial charge in [-0.2, -0.15) is 0 Å². The van der Waals surface area contributed by atoms with E-state index in [2.05, 4.69) is 252 Å². The number of aromatic nitrogens is 6. The minimum absolute atomic E-state index is 0.905. The van der Waals surface area contributed by atoms with Crippen molar-refractivity contribution in [1.29, 1.82) is 0 Å². The number of imidazole rings is 2. The van der Waals surface area contributed by atoms with Crippen molar-refractivity contribution in [2.45, 2.75) is 0 Å². The molecular formula is C74H48N6. The molecule has 6 heteroatoms. The number of hydrogen-bond acceptors (Lipinski definition) is 4. The number of para-hydroxylation sites is 2. The van der Waals surface area contributed by atoms with Crippen LogP contribution >= 0.6 is 0 Å². The first-order chi connectivity index (χ1) is 39.7. The quantitative estimate of drug-likeness (QED) is 0.128. The molecule has 0 aliphatic rings. The summed E-state index contributed by atoms with van der Waals surface area (Å²) in [5.41, 5.74) is 21.3. The van der Waals surface area contributed by atoms with Crippen LogP contribution in [0.25, 0.3) is 145 Å². The first-order valence-electron chi connectivity index (χ1n) is 27.0. The maximum Gasteiger partial charge on any atom is 0.145 e. The third kappa shape index (κ3) is 8.22. The summed E-state index contributed by atoms with van der Waals surface area (Å²) < 4.78 is 4.50. The Hall–Kier alpha value is -10.8. The van der Waals surface area contributed by atoms with Crippen molar-refractivity contribution in [3.8, 4) is 101 Å². The number of pyridine rings is 2. The summed E-state index contributed by atoms with van der Waals surface area (Å²) >= 11 is 0. The SMILES string of the molecule is c1ccc(-c2c3ccc(-c4cncc(-c5ccc6c(c5)nc(-c5ccccc5)n6-c5ccccc5)c4)cc3c(-c3ccccc3)c3ccc(-c4cncc(-c5ccc6c(c5)nc(-c5ccccc5)n6-c5ccccc5)c4)cc23)cc1. The molecule has 11 aromatic carbocycles. The summed E-state index contributed by atoms with van der Waals surface area (Å²) in [5, 5.41) is 4.69. The Morgan fingerprint density at radius 3 is 0.900 bits per heavy atom. The van der Waals surface area contributed by atoms with Crippen LogP contribution in [0.15, 0.2) is 292 Å². The first kappa shape index (κ1) is 46.5. The van der Waals surface area contributed by atoms with E-state index < -0.39 is 0 Å². The predicted molar refractivity (Wildman–Crippen MR) is 330 cm³/mol. The van der Waals surface area contributed by atoms with Gasteiger partial charge in [0.1, 0.15) is 11.6 Å². The molecule has 0 saturated carbocycles. The van der Waals surface area contributed by atoms with Crippen molar-refractivity contribution in [1.82, 2.24) is 29.1 Å². The summed E-state index contributed by atoms with van der Waals surface area (Å²) in [5.74, 6) is 1.81. The monoisotopic (exact) mass is 1020 g/mol. The van der Waals surface area contributed by atoms with Crippen LogP contribution in [0, 0.1) is 0 Å². The van der Waals surface area contributed by atoms with E-state index in [0.29, 0.717) is 0 Å². The molecule has 0 aliphatic carbocycles. The molecule has 6 nitrogen and oxygen atoms in total. The fourth-order valence-electron chi connectivity index (χ4n) is 11.7. The molecule has 0 unspecified atom stereocenters. The van der Waals surface area contributed by atoms with E-state index in [0.717, 1.165) is 112 Å². The van der Waals surface area contributed by atoms with Gasteiger partial charge < -0.3 is 0 Å². The van der Waals surface area contributed by atoms with Gasteiger partial charge >= 0.3 is 0 Å². The summed E-state index contributed by atoms with van der Waals surface area (Å²) in [6.45, 7) is 0. The van der Waals surface area contributed by atoms with Gasteiger partial charge in [0.25, 0.3) is 0 Å². The highest BCUT2D eigenvalue weighted by Gasteiger charge is 2.21. The molecule has 0 N–H and O–H groups in total. The van der Waals surface area contributed by atoms with Crippen molar-refractivity contribution in [2.24, 2.45) is 0 Å². The number of fused-ring (bicyclic) bond motifs is 4. The smallest absolute Gasteiger partial charge is 0.145 e. The van der Waals surface area contributed by atoms with E-state index in [1.54, 1.807) is 0 Å². The molecule has 0 radical (unpaired) electrons. The van der Waals surface area contributed by atoms with Crippen molar-refractivity contribution in [2.75, 3.05) is 0 Å². The topological polar surface area (TPSA) is 61.4 Å². The van der Waals surface area contributed by atoms with Crippen molar-refractivity contribution >= 4 is 43.6 Å². The summed E-state index contributed by atoms with van der Waals surface area (Å²) in [6.07, 6.45) is 7.87. The van der Waals surface area contributed by atoms with Gasteiger partial charge in [0, 0.05) is 69.5 Å². The van der Waals surface area contributed by atoms with Crippen molar-refractivity contribution in [3.05, 3.63) is 292 Å². The fourth-order valence-corrected chi connectivity index (χ4v) is 11.7. The number of rotatable bonds is 10. The Morgan fingerprint density at radius 1 is 0.225 bits per heavy atom. The van der Waals surface area contributed by atoms with Gasteiger partial charge in [-0.15, -0.1) is 0 Å². The second-order valence-electron chi connectivity index (χ2n) is 20.3. The molecule has 374 valence electrons. The minimum atomic E-state index is 0.905. The molecule has 4 heterocycles. The summed E-state index contributed by atoms with van der Waals surface area (Å²) in [7, 11) is 0.